The van der Waals surface area contributed by atoms with Crippen molar-refractivity contribution >= 4 is 11.7 Å². The average molecular weight is 577 g/mol. The Balaban J connectivity index is 1.17. The zero-order valence-corrected chi connectivity index (χ0v) is 23.5. The van der Waals surface area contributed by atoms with Gasteiger partial charge >= 0.3 is 12.1 Å². The molecule has 0 unspecified atom stereocenters. The van der Waals surface area contributed by atoms with E-state index >= 15 is 0 Å². The van der Waals surface area contributed by atoms with Crippen LogP contribution in [0.25, 0.3) is 0 Å². The Morgan fingerprint density at radius 1 is 1.05 bits per heavy atom. The Morgan fingerprint density at radius 3 is 2.41 bits per heavy atom. The van der Waals surface area contributed by atoms with Gasteiger partial charge in [-0.15, -0.1) is 0 Å². The third-order valence-electron chi connectivity index (χ3n) is 8.72. The molecule has 1 atom stereocenters. The highest BCUT2D eigenvalue weighted by Crippen LogP contribution is 2.45. The van der Waals surface area contributed by atoms with E-state index in [-0.39, 0.29) is 18.3 Å². The topological polar surface area (TPSA) is 88.0 Å². The number of alkyl halides is 3. The van der Waals surface area contributed by atoms with Gasteiger partial charge in [0.05, 0.1) is 26.7 Å². The molecule has 0 amide bonds. The number of anilines is 1. The Morgan fingerprint density at radius 2 is 1.78 bits per heavy atom. The largest absolute Gasteiger partial charge is 0.481 e. The summed E-state index contributed by atoms with van der Waals surface area (Å²) in [5.74, 6) is 1.23. The molecule has 3 aliphatic rings. The summed E-state index contributed by atoms with van der Waals surface area (Å²) in [6.45, 7) is 2.19. The van der Waals surface area contributed by atoms with E-state index in [4.69, 9.17) is 9.47 Å². The van der Waals surface area contributed by atoms with Crippen molar-refractivity contribution in [3.8, 4) is 11.8 Å². The van der Waals surface area contributed by atoms with Crippen LogP contribution in [0.2, 0.25) is 0 Å². The number of nitrogens with zero attached hydrogens (tertiary/aromatic N) is 4. The fourth-order valence-electron chi connectivity index (χ4n) is 6.31. The van der Waals surface area contributed by atoms with Crippen LogP contribution in [-0.2, 0) is 4.79 Å². The highest BCUT2D eigenvalue weighted by molar-refractivity contribution is 5.68. The lowest BCUT2D eigenvalue weighted by molar-refractivity contribution is -0.148. The first-order chi connectivity index (χ1) is 19.7. The number of likely N-dealkylation sites (tertiary alicyclic amines) is 1. The average Bonchev–Trinajstić information content (AvgIpc) is 3.80. The van der Waals surface area contributed by atoms with Gasteiger partial charge in [0.15, 0.2) is 0 Å². The number of hydrogen-bond acceptors (Lipinski definition) is 7. The molecule has 0 spiro atoms. The fraction of sp³-hybridized carbons (Fsp3) is 0.633. The number of halogens is 3. The number of ether oxygens (including phenoxy) is 2. The molecule has 1 saturated carbocycles. The molecule has 8 nitrogen and oxygen atoms in total. The molecule has 224 valence electrons. The molecule has 2 aromatic heterocycles. The second kappa shape index (κ2) is 12.8. The van der Waals surface area contributed by atoms with Crippen LogP contribution >= 0.6 is 0 Å². The monoisotopic (exact) mass is 576 g/mol. The van der Waals surface area contributed by atoms with Crippen molar-refractivity contribution in [1.82, 2.24) is 14.9 Å². The number of piperidine rings is 2. The van der Waals surface area contributed by atoms with Gasteiger partial charge in [0.2, 0.25) is 11.8 Å². The Hall–Kier alpha value is -3.08. The normalized spacial score (nSPS) is 20.1. The Labute approximate surface area is 238 Å². The standard InChI is InChI=1S/C30H39F3N4O4/c1-40-27-16-26(25(17-35-27)22-7-10-36(11-8-22)19-30(31,32)33)37-12-5-20(6-13-37)18-41-28-14-23(4-9-34-28)24(15-29(38)39)21-2-3-21/h4,9,14,16-17,20-22,24H,2-3,5-8,10-13,15,18-19H2,1H3,(H,38,39)/t24-/m0/s1. The van der Waals surface area contributed by atoms with Crippen molar-refractivity contribution < 1.29 is 32.5 Å². The molecule has 1 aliphatic carbocycles. The van der Waals surface area contributed by atoms with Crippen LogP contribution in [0.5, 0.6) is 11.8 Å². The van der Waals surface area contributed by atoms with E-state index in [1.54, 1.807) is 13.3 Å². The second-order valence-corrected chi connectivity index (χ2v) is 11.7. The van der Waals surface area contributed by atoms with Crippen LogP contribution in [0.4, 0.5) is 18.9 Å². The minimum Gasteiger partial charge on any atom is -0.481 e. The van der Waals surface area contributed by atoms with Crippen LogP contribution in [-0.4, -0.2) is 78.6 Å². The lowest BCUT2D eigenvalue weighted by Gasteiger charge is -2.37. The quantitative estimate of drug-likeness (QED) is 0.376. The van der Waals surface area contributed by atoms with Crippen molar-refractivity contribution in [3.05, 3.63) is 41.7 Å². The summed E-state index contributed by atoms with van der Waals surface area (Å²) in [7, 11) is 1.59. The van der Waals surface area contributed by atoms with Gasteiger partial charge < -0.3 is 19.5 Å². The molecule has 2 aliphatic heterocycles. The maximum atomic E-state index is 12.9. The maximum absolute atomic E-state index is 12.9. The summed E-state index contributed by atoms with van der Waals surface area (Å²) in [4.78, 5) is 24.0. The highest BCUT2D eigenvalue weighted by Gasteiger charge is 2.35. The summed E-state index contributed by atoms with van der Waals surface area (Å²) in [5, 5.41) is 9.34. The summed E-state index contributed by atoms with van der Waals surface area (Å²) in [6.07, 6.45) is 4.82. The molecule has 2 saturated heterocycles. The predicted octanol–water partition coefficient (Wildman–Crippen LogP) is 5.49. The first-order valence-corrected chi connectivity index (χ1v) is 14.6. The molecule has 2 aromatic rings. The van der Waals surface area contributed by atoms with Crippen molar-refractivity contribution in [2.45, 2.75) is 63.0 Å². The number of methoxy groups -OCH3 is 1. The summed E-state index contributed by atoms with van der Waals surface area (Å²) in [6, 6.07) is 5.76. The lowest BCUT2D eigenvalue weighted by atomic mass is 9.88. The van der Waals surface area contributed by atoms with Crippen LogP contribution < -0.4 is 14.4 Å². The van der Waals surface area contributed by atoms with E-state index in [0.29, 0.717) is 56.1 Å². The third kappa shape index (κ3) is 8.02. The molecule has 11 heteroatoms. The van der Waals surface area contributed by atoms with Crippen LogP contribution in [0, 0.1) is 11.8 Å². The van der Waals surface area contributed by atoms with Crippen molar-refractivity contribution in [1.29, 1.82) is 0 Å². The van der Waals surface area contributed by atoms with E-state index in [1.165, 1.54) is 4.90 Å². The number of pyridine rings is 2. The molecule has 5 rings (SSSR count). The highest BCUT2D eigenvalue weighted by atomic mass is 19.4. The van der Waals surface area contributed by atoms with Crippen LogP contribution in [0.1, 0.15) is 67.9 Å². The zero-order valence-electron chi connectivity index (χ0n) is 23.5. The first kappa shape index (κ1) is 29.4. The molecule has 0 aromatic carbocycles. The van der Waals surface area contributed by atoms with Gasteiger partial charge in [0.1, 0.15) is 0 Å². The molecule has 41 heavy (non-hydrogen) atoms. The van der Waals surface area contributed by atoms with Crippen LogP contribution in [0.15, 0.2) is 30.6 Å². The van der Waals surface area contributed by atoms with E-state index in [2.05, 4.69) is 14.9 Å². The number of carboxylic acids is 1. The number of hydrogen-bond donors (Lipinski definition) is 1. The SMILES string of the molecule is COc1cc(N2CCC(COc3cc([C@@H](CC(=O)O)C4CC4)ccn3)CC2)c(C2CCN(CC(F)(F)F)CC2)cn1. The van der Waals surface area contributed by atoms with E-state index in [0.717, 1.165) is 55.6 Å². The summed E-state index contributed by atoms with van der Waals surface area (Å²) in [5.41, 5.74) is 3.13. The number of aliphatic carboxylic acids is 1. The fourth-order valence-corrected chi connectivity index (χ4v) is 6.31. The third-order valence-corrected chi connectivity index (χ3v) is 8.72. The van der Waals surface area contributed by atoms with Crippen LogP contribution in [0.3, 0.4) is 0 Å². The summed E-state index contributed by atoms with van der Waals surface area (Å²) >= 11 is 0. The molecule has 1 N–H and O–H groups in total. The number of carboxylic acid groups (broad SMARTS) is 1. The van der Waals surface area contributed by atoms with Gasteiger partial charge in [0, 0.05) is 43.3 Å². The molecular formula is C30H39F3N4O4. The van der Waals surface area contributed by atoms with Gasteiger partial charge in [-0.3, -0.25) is 9.69 Å². The van der Waals surface area contributed by atoms with Gasteiger partial charge in [-0.2, -0.15) is 13.2 Å². The van der Waals surface area contributed by atoms with Gasteiger partial charge in [0.25, 0.3) is 0 Å². The molecular weight excluding hydrogens is 537 g/mol. The second-order valence-electron chi connectivity index (χ2n) is 11.7. The maximum Gasteiger partial charge on any atom is 0.401 e. The number of aromatic nitrogens is 2. The molecule has 4 heterocycles. The first-order valence-electron chi connectivity index (χ1n) is 14.6. The number of carbonyl (C=O) groups is 1. The van der Waals surface area contributed by atoms with Crippen molar-refractivity contribution in [2.75, 3.05) is 51.3 Å². The molecule has 0 radical (unpaired) electrons. The molecule has 3 fully saturated rings. The zero-order chi connectivity index (χ0) is 29.0. The minimum atomic E-state index is -4.17. The minimum absolute atomic E-state index is 0.00418. The van der Waals surface area contributed by atoms with E-state index < -0.39 is 18.7 Å². The van der Waals surface area contributed by atoms with Gasteiger partial charge in [-0.1, -0.05) is 0 Å². The molecule has 0 bridgehead atoms. The van der Waals surface area contributed by atoms with E-state index in [9.17, 15) is 23.1 Å². The Bertz CT molecular complexity index is 1180. The summed E-state index contributed by atoms with van der Waals surface area (Å²) < 4.78 is 50.0. The Kier molecular flexibility index (Phi) is 9.21. The van der Waals surface area contributed by atoms with Crippen molar-refractivity contribution in [2.24, 2.45) is 11.8 Å². The van der Waals surface area contributed by atoms with Gasteiger partial charge in [-0.25, -0.2) is 9.97 Å². The number of rotatable bonds is 11. The predicted molar refractivity (Wildman–Crippen MR) is 148 cm³/mol. The van der Waals surface area contributed by atoms with Crippen molar-refractivity contribution in [3.63, 3.8) is 0 Å². The smallest absolute Gasteiger partial charge is 0.401 e. The van der Waals surface area contributed by atoms with E-state index in [1.807, 2.05) is 24.4 Å². The lowest BCUT2D eigenvalue weighted by Crippen LogP contribution is -2.40. The van der Waals surface area contributed by atoms with Gasteiger partial charge in [-0.05, 0) is 92.5 Å².